The first-order chi connectivity index (χ1) is 12.3. The summed E-state index contributed by atoms with van der Waals surface area (Å²) in [6, 6.07) is 9.42. The number of benzene rings is 1. The van der Waals surface area contributed by atoms with Crippen molar-refractivity contribution in [2.75, 3.05) is 5.32 Å². The van der Waals surface area contributed by atoms with E-state index in [2.05, 4.69) is 31.6 Å². The Morgan fingerprint density at radius 1 is 1.23 bits per heavy atom. The molecule has 1 aromatic heterocycles. The van der Waals surface area contributed by atoms with Crippen molar-refractivity contribution in [2.24, 2.45) is 21.5 Å². The fourth-order valence-corrected chi connectivity index (χ4v) is 2.00. The van der Waals surface area contributed by atoms with Gasteiger partial charge in [0.15, 0.2) is 0 Å². The number of hydrogen-bond donors (Lipinski definition) is 3. The molecule has 0 atom stereocenters. The molecule has 0 aliphatic rings. The molecule has 0 radical (unpaired) electrons. The average Bonchev–Trinajstić information content (AvgIpc) is 2.54. The van der Waals surface area contributed by atoms with Gasteiger partial charge >= 0.3 is 6.61 Å². The average molecular weight is 360 g/mol. The standard InChI is InChI=1S/C17H18F2N6O/c1-10(2)23-17(21)25-14(20)13-7-4-8-22-15(13)24-11-5-3-6-12(9-11)26-16(18)19/h3-9,16H,1H2,2H3,(H,22,24)(H4,20,21,23,25). The third kappa shape index (κ3) is 5.55. The van der Waals surface area contributed by atoms with Crippen molar-refractivity contribution in [1.82, 2.24) is 4.98 Å². The van der Waals surface area contributed by atoms with Gasteiger partial charge in [-0.25, -0.2) is 9.98 Å². The third-order valence-corrected chi connectivity index (χ3v) is 2.95. The summed E-state index contributed by atoms with van der Waals surface area (Å²) >= 11 is 0. The Kier molecular flexibility index (Phi) is 6.20. The number of nitrogens with two attached hydrogens (primary N) is 2. The molecule has 0 aliphatic heterocycles. The maximum atomic E-state index is 12.3. The van der Waals surface area contributed by atoms with Crippen LogP contribution in [0.1, 0.15) is 12.5 Å². The van der Waals surface area contributed by atoms with E-state index in [1.54, 1.807) is 37.4 Å². The van der Waals surface area contributed by atoms with Gasteiger partial charge in [-0.3, -0.25) is 0 Å². The monoisotopic (exact) mass is 360 g/mol. The second-order valence-electron chi connectivity index (χ2n) is 5.13. The highest BCUT2D eigenvalue weighted by Gasteiger charge is 2.10. The van der Waals surface area contributed by atoms with Gasteiger partial charge in [0, 0.05) is 23.6 Å². The SMILES string of the molecule is C=C(C)/N=C(N)\N=C(/N)c1cccnc1Nc1cccc(OC(F)F)c1. The van der Waals surface area contributed by atoms with E-state index in [4.69, 9.17) is 11.5 Å². The molecule has 7 nitrogen and oxygen atoms in total. The number of nitrogens with zero attached hydrogens (tertiary/aromatic N) is 3. The number of aromatic nitrogens is 1. The van der Waals surface area contributed by atoms with E-state index < -0.39 is 6.61 Å². The van der Waals surface area contributed by atoms with Crippen molar-refractivity contribution >= 4 is 23.3 Å². The molecule has 0 saturated heterocycles. The van der Waals surface area contributed by atoms with E-state index in [-0.39, 0.29) is 17.5 Å². The van der Waals surface area contributed by atoms with Crippen LogP contribution in [0.3, 0.4) is 0 Å². The summed E-state index contributed by atoms with van der Waals surface area (Å²) in [4.78, 5) is 12.1. The van der Waals surface area contributed by atoms with E-state index in [0.29, 0.717) is 22.8 Å². The number of pyridine rings is 1. The van der Waals surface area contributed by atoms with E-state index in [0.717, 1.165) is 0 Å². The molecule has 0 spiro atoms. The minimum atomic E-state index is -2.91. The molecule has 0 saturated carbocycles. The zero-order valence-electron chi connectivity index (χ0n) is 14.0. The van der Waals surface area contributed by atoms with Crippen molar-refractivity contribution in [2.45, 2.75) is 13.5 Å². The lowest BCUT2D eigenvalue weighted by molar-refractivity contribution is -0.0498. The van der Waals surface area contributed by atoms with Gasteiger partial charge in [0.05, 0.1) is 5.56 Å². The second kappa shape index (κ2) is 8.56. The van der Waals surface area contributed by atoms with E-state index in [9.17, 15) is 8.78 Å². The van der Waals surface area contributed by atoms with Gasteiger partial charge in [0.2, 0.25) is 5.96 Å². The van der Waals surface area contributed by atoms with Gasteiger partial charge in [0.1, 0.15) is 17.4 Å². The molecule has 136 valence electrons. The molecule has 5 N–H and O–H groups in total. The summed E-state index contributed by atoms with van der Waals surface area (Å²) in [5, 5.41) is 2.99. The molecular formula is C17H18F2N6O. The van der Waals surface area contributed by atoms with Crippen LogP contribution in [-0.2, 0) is 0 Å². The lowest BCUT2D eigenvalue weighted by atomic mass is 10.2. The first-order valence-electron chi connectivity index (χ1n) is 7.46. The van der Waals surface area contributed by atoms with Gasteiger partial charge in [-0.05, 0) is 31.2 Å². The van der Waals surface area contributed by atoms with Crippen LogP contribution in [0.15, 0.2) is 64.9 Å². The number of guanidine groups is 1. The highest BCUT2D eigenvalue weighted by Crippen LogP contribution is 2.23. The predicted molar refractivity (Wildman–Crippen MR) is 97.8 cm³/mol. The Bertz CT molecular complexity index is 851. The van der Waals surface area contributed by atoms with Crippen LogP contribution < -0.4 is 21.5 Å². The maximum Gasteiger partial charge on any atom is 0.387 e. The molecule has 0 amide bonds. The van der Waals surface area contributed by atoms with Gasteiger partial charge < -0.3 is 21.5 Å². The van der Waals surface area contributed by atoms with E-state index in [1.807, 2.05) is 0 Å². The van der Waals surface area contributed by atoms with Crippen LogP contribution in [0.25, 0.3) is 0 Å². The number of ether oxygens (including phenoxy) is 1. The van der Waals surface area contributed by atoms with Gasteiger partial charge in [-0.2, -0.15) is 13.8 Å². The van der Waals surface area contributed by atoms with Crippen LogP contribution in [0.5, 0.6) is 5.75 Å². The number of alkyl halides is 2. The van der Waals surface area contributed by atoms with Crippen molar-refractivity contribution in [1.29, 1.82) is 0 Å². The first-order valence-corrected chi connectivity index (χ1v) is 7.46. The highest BCUT2D eigenvalue weighted by atomic mass is 19.3. The summed E-state index contributed by atoms with van der Waals surface area (Å²) in [5.41, 5.74) is 13.1. The maximum absolute atomic E-state index is 12.3. The number of halogens is 2. The minimum Gasteiger partial charge on any atom is -0.435 e. The minimum absolute atomic E-state index is 0.0157. The summed E-state index contributed by atoms with van der Waals surface area (Å²) in [7, 11) is 0. The smallest absolute Gasteiger partial charge is 0.387 e. The molecule has 2 aromatic rings. The number of nitrogens with one attached hydrogen (secondary N) is 1. The molecule has 0 bridgehead atoms. The number of allylic oxidation sites excluding steroid dienone is 1. The molecule has 1 heterocycles. The van der Waals surface area contributed by atoms with Crippen molar-refractivity contribution in [3.63, 3.8) is 0 Å². The first kappa shape index (κ1) is 18.8. The number of rotatable bonds is 6. The Morgan fingerprint density at radius 2 is 2.00 bits per heavy atom. The number of anilines is 2. The van der Waals surface area contributed by atoms with Crippen molar-refractivity contribution < 1.29 is 13.5 Å². The van der Waals surface area contributed by atoms with Crippen LogP contribution in [0, 0.1) is 0 Å². The molecule has 0 aliphatic carbocycles. The van der Waals surface area contributed by atoms with Crippen LogP contribution in [0.4, 0.5) is 20.3 Å². The largest absolute Gasteiger partial charge is 0.435 e. The fourth-order valence-electron chi connectivity index (χ4n) is 2.00. The van der Waals surface area contributed by atoms with Crippen molar-refractivity contribution in [3.05, 3.63) is 60.4 Å². The van der Waals surface area contributed by atoms with Gasteiger partial charge in [-0.1, -0.05) is 12.6 Å². The van der Waals surface area contributed by atoms with Crippen LogP contribution >= 0.6 is 0 Å². The fraction of sp³-hybridized carbons (Fsp3) is 0.118. The Balaban J connectivity index is 2.30. The Morgan fingerprint density at radius 3 is 2.69 bits per heavy atom. The highest BCUT2D eigenvalue weighted by molar-refractivity contribution is 6.07. The van der Waals surface area contributed by atoms with Gasteiger partial charge in [0.25, 0.3) is 0 Å². The number of aliphatic imine (C=N–C) groups is 2. The van der Waals surface area contributed by atoms with E-state index in [1.165, 1.54) is 12.1 Å². The second-order valence-corrected chi connectivity index (χ2v) is 5.13. The third-order valence-electron chi connectivity index (χ3n) is 2.95. The van der Waals surface area contributed by atoms with Crippen molar-refractivity contribution in [3.8, 4) is 5.75 Å². The Labute approximate surface area is 149 Å². The zero-order chi connectivity index (χ0) is 19.1. The predicted octanol–water partition coefficient (Wildman–Crippen LogP) is 2.98. The van der Waals surface area contributed by atoms with E-state index >= 15 is 0 Å². The molecule has 26 heavy (non-hydrogen) atoms. The van der Waals surface area contributed by atoms with Crippen LogP contribution in [-0.4, -0.2) is 23.4 Å². The molecule has 0 fully saturated rings. The summed E-state index contributed by atoms with van der Waals surface area (Å²) in [6.07, 6.45) is 1.55. The quantitative estimate of drug-likeness (QED) is 0.542. The zero-order valence-corrected chi connectivity index (χ0v) is 14.0. The lowest BCUT2D eigenvalue weighted by Crippen LogP contribution is -2.21. The van der Waals surface area contributed by atoms with Crippen LogP contribution in [0.2, 0.25) is 0 Å². The molecular weight excluding hydrogens is 342 g/mol. The summed E-state index contributed by atoms with van der Waals surface area (Å²) in [6.45, 7) is 2.37. The lowest BCUT2D eigenvalue weighted by Gasteiger charge is -2.12. The molecule has 2 rings (SSSR count). The Hall–Kier alpha value is -3.49. The normalized spacial score (nSPS) is 12.2. The molecule has 1 aromatic carbocycles. The topological polar surface area (TPSA) is 111 Å². The summed E-state index contributed by atoms with van der Waals surface area (Å²) in [5.74, 6) is 0.424. The van der Waals surface area contributed by atoms with Gasteiger partial charge in [-0.15, -0.1) is 0 Å². The molecule has 9 heteroatoms. The number of hydrogen-bond acceptors (Lipinski definition) is 4. The number of amidine groups is 1. The summed E-state index contributed by atoms with van der Waals surface area (Å²) < 4.78 is 29.1. The molecule has 0 unspecified atom stereocenters.